The first-order valence-electron chi connectivity index (χ1n) is 6.66. The fourth-order valence-electron chi connectivity index (χ4n) is 2.33. The Labute approximate surface area is 115 Å². The van der Waals surface area contributed by atoms with E-state index in [0.717, 1.165) is 5.75 Å². The Balaban J connectivity index is 2.11. The zero-order valence-corrected chi connectivity index (χ0v) is 11.8. The number of hydrogen-bond acceptors (Lipinski definition) is 2. The fraction of sp³-hybridized carbons (Fsp3) is 0.294. The van der Waals surface area contributed by atoms with Gasteiger partial charge in [-0.3, -0.25) is 0 Å². The summed E-state index contributed by atoms with van der Waals surface area (Å²) in [5, 5.41) is 3.61. The summed E-state index contributed by atoms with van der Waals surface area (Å²) < 4.78 is 5.41. The monoisotopic (exact) mass is 255 g/mol. The number of methoxy groups -OCH3 is 1. The molecule has 2 nitrogen and oxygen atoms in total. The average molecular weight is 255 g/mol. The van der Waals surface area contributed by atoms with E-state index in [2.05, 4.69) is 49.5 Å². The van der Waals surface area contributed by atoms with Crippen LogP contribution in [0.3, 0.4) is 0 Å². The van der Waals surface area contributed by atoms with E-state index in [-0.39, 0.29) is 6.04 Å². The Morgan fingerprint density at radius 3 is 2.16 bits per heavy atom. The van der Waals surface area contributed by atoms with Crippen molar-refractivity contribution in [1.82, 2.24) is 5.32 Å². The van der Waals surface area contributed by atoms with Gasteiger partial charge in [0.15, 0.2) is 0 Å². The highest BCUT2D eigenvalue weighted by Crippen LogP contribution is 2.26. The zero-order chi connectivity index (χ0) is 13.7. The molecule has 0 radical (unpaired) electrons. The standard InChI is InChI=1S/C17H21NO/c1-13(15-9-5-4-6-10-15)18-14(2)16-11-7-8-12-17(16)19-3/h4-14,18H,1-3H3/t13?,14-/m0/s1. The van der Waals surface area contributed by atoms with Crippen LogP contribution in [0.2, 0.25) is 0 Å². The van der Waals surface area contributed by atoms with E-state index in [9.17, 15) is 0 Å². The van der Waals surface area contributed by atoms with E-state index in [1.165, 1.54) is 11.1 Å². The van der Waals surface area contributed by atoms with Crippen molar-refractivity contribution in [1.29, 1.82) is 0 Å². The van der Waals surface area contributed by atoms with E-state index in [1.807, 2.05) is 24.3 Å². The Morgan fingerprint density at radius 1 is 0.842 bits per heavy atom. The highest BCUT2D eigenvalue weighted by molar-refractivity contribution is 5.35. The minimum absolute atomic E-state index is 0.242. The second-order valence-corrected chi connectivity index (χ2v) is 4.76. The summed E-state index contributed by atoms with van der Waals surface area (Å²) in [6.45, 7) is 4.35. The normalized spacial score (nSPS) is 13.8. The molecule has 0 aliphatic carbocycles. The van der Waals surface area contributed by atoms with Crippen LogP contribution in [-0.2, 0) is 0 Å². The van der Waals surface area contributed by atoms with Gasteiger partial charge in [0.2, 0.25) is 0 Å². The van der Waals surface area contributed by atoms with Crippen LogP contribution in [0.4, 0.5) is 0 Å². The predicted octanol–water partition coefficient (Wildman–Crippen LogP) is 4.11. The van der Waals surface area contributed by atoms with Crippen LogP contribution in [0.25, 0.3) is 0 Å². The van der Waals surface area contributed by atoms with Crippen molar-refractivity contribution in [3.63, 3.8) is 0 Å². The highest BCUT2D eigenvalue weighted by Gasteiger charge is 2.13. The summed E-state index contributed by atoms with van der Waals surface area (Å²) >= 11 is 0. The number of hydrogen-bond donors (Lipinski definition) is 1. The van der Waals surface area contributed by atoms with Crippen molar-refractivity contribution in [2.75, 3.05) is 7.11 Å². The molecule has 0 spiro atoms. The molecule has 0 aromatic heterocycles. The van der Waals surface area contributed by atoms with Gasteiger partial charge in [-0.05, 0) is 25.5 Å². The molecule has 100 valence electrons. The maximum Gasteiger partial charge on any atom is 0.123 e. The van der Waals surface area contributed by atoms with Crippen molar-refractivity contribution in [3.8, 4) is 5.75 Å². The van der Waals surface area contributed by atoms with Crippen molar-refractivity contribution in [2.45, 2.75) is 25.9 Å². The lowest BCUT2D eigenvalue weighted by atomic mass is 10.0. The van der Waals surface area contributed by atoms with E-state index in [4.69, 9.17) is 4.74 Å². The molecule has 2 heteroatoms. The van der Waals surface area contributed by atoms with Crippen LogP contribution in [-0.4, -0.2) is 7.11 Å². The van der Waals surface area contributed by atoms with E-state index < -0.39 is 0 Å². The molecular weight excluding hydrogens is 234 g/mol. The van der Waals surface area contributed by atoms with Crippen molar-refractivity contribution < 1.29 is 4.74 Å². The first-order valence-corrected chi connectivity index (χ1v) is 6.66. The number of para-hydroxylation sites is 1. The van der Waals surface area contributed by atoms with Crippen LogP contribution in [0, 0.1) is 0 Å². The van der Waals surface area contributed by atoms with E-state index in [1.54, 1.807) is 7.11 Å². The van der Waals surface area contributed by atoms with Crippen molar-refractivity contribution >= 4 is 0 Å². The average Bonchev–Trinajstić information content (AvgIpc) is 2.48. The predicted molar refractivity (Wildman–Crippen MR) is 79.4 cm³/mol. The van der Waals surface area contributed by atoms with Gasteiger partial charge in [-0.25, -0.2) is 0 Å². The summed E-state index contributed by atoms with van der Waals surface area (Å²) in [5.41, 5.74) is 2.48. The Bertz CT molecular complexity index is 510. The number of benzene rings is 2. The molecule has 2 aromatic carbocycles. The van der Waals surface area contributed by atoms with Gasteiger partial charge in [-0.1, -0.05) is 48.5 Å². The van der Waals surface area contributed by atoms with Crippen molar-refractivity contribution in [2.24, 2.45) is 0 Å². The second-order valence-electron chi connectivity index (χ2n) is 4.76. The van der Waals surface area contributed by atoms with Crippen LogP contribution in [0.15, 0.2) is 54.6 Å². The molecule has 2 rings (SSSR count). The molecule has 0 heterocycles. The molecule has 2 aromatic rings. The van der Waals surface area contributed by atoms with Gasteiger partial charge >= 0.3 is 0 Å². The molecule has 0 aliphatic rings. The lowest BCUT2D eigenvalue weighted by molar-refractivity contribution is 0.396. The van der Waals surface area contributed by atoms with Gasteiger partial charge in [-0.2, -0.15) is 0 Å². The third-order valence-corrected chi connectivity index (χ3v) is 3.41. The lowest BCUT2D eigenvalue weighted by Crippen LogP contribution is -2.22. The van der Waals surface area contributed by atoms with Crippen LogP contribution in [0.5, 0.6) is 5.75 Å². The van der Waals surface area contributed by atoms with Gasteiger partial charge in [0.1, 0.15) is 5.75 Å². The second kappa shape index (κ2) is 6.39. The Hall–Kier alpha value is -1.80. The van der Waals surface area contributed by atoms with Gasteiger partial charge in [0.25, 0.3) is 0 Å². The number of ether oxygens (including phenoxy) is 1. The molecule has 0 bridgehead atoms. The molecular formula is C17H21NO. The Morgan fingerprint density at radius 2 is 1.47 bits per heavy atom. The molecule has 1 unspecified atom stereocenters. The van der Waals surface area contributed by atoms with Gasteiger partial charge in [0.05, 0.1) is 7.11 Å². The molecule has 0 amide bonds. The van der Waals surface area contributed by atoms with Gasteiger partial charge in [-0.15, -0.1) is 0 Å². The summed E-state index contributed by atoms with van der Waals surface area (Å²) in [5.74, 6) is 0.933. The topological polar surface area (TPSA) is 21.3 Å². The number of nitrogens with one attached hydrogen (secondary N) is 1. The summed E-state index contributed by atoms with van der Waals surface area (Å²) in [4.78, 5) is 0. The van der Waals surface area contributed by atoms with Gasteiger partial charge < -0.3 is 10.1 Å². The largest absolute Gasteiger partial charge is 0.496 e. The first kappa shape index (κ1) is 13.6. The minimum atomic E-state index is 0.242. The molecule has 0 fully saturated rings. The molecule has 0 saturated heterocycles. The molecule has 0 aliphatic heterocycles. The molecule has 0 saturated carbocycles. The highest BCUT2D eigenvalue weighted by atomic mass is 16.5. The van der Waals surface area contributed by atoms with Crippen LogP contribution in [0.1, 0.15) is 37.1 Å². The fourth-order valence-corrected chi connectivity index (χ4v) is 2.33. The van der Waals surface area contributed by atoms with E-state index in [0.29, 0.717) is 6.04 Å². The summed E-state index contributed by atoms with van der Waals surface area (Å²) in [7, 11) is 1.71. The summed E-state index contributed by atoms with van der Waals surface area (Å²) in [6.07, 6.45) is 0. The van der Waals surface area contributed by atoms with Crippen LogP contribution >= 0.6 is 0 Å². The zero-order valence-electron chi connectivity index (χ0n) is 11.8. The third-order valence-electron chi connectivity index (χ3n) is 3.41. The third kappa shape index (κ3) is 3.36. The summed E-state index contributed by atoms with van der Waals surface area (Å²) in [6, 6.07) is 19.2. The van der Waals surface area contributed by atoms with Gasteiger partial charge in [0, 0.05) is 17.6 Å². The number of rotatable bonds is 5. The lowest BCUT2D eigenvalue weighted by Gasteiger charge is -2.22. The maximum absolute atomic E-state index is 5.41. The first-order chi connectivity index (χ1) is 9.22. The molecule has 1 N–H and O–H groups in total. The SMILES string of the molecule is COc1ccccc1[C@H](C)NC(C)c1ccccc1. The van der Waals surface area contributed by atoms with Crippen molar-refractivity contribution in [3.05, 3.63) is 65.7 Å². The maximum atomic E-state index is 5.41. The Kier molecular flexibility index (Phi) is 4.58. The van der Waals surface area contributed by atoms with E-state index >= 15 is 0 Å². The minimum Gasteiger partial charge on any atom is -0.496 e. The smallest absolute Gasteiger partial charge is 0.123 e. The molecule has 2 atom stereocenters. The molecule has 19 heavy (non-hydrogen) atoms. The quantitative estimate of drug-likeness (QED) is 0.868. The van der Waals surface area contributed by atoms with Crippen LogP contribution < -0.4 is 10.1 Å².